The van der Waals surface area contributed by atoms with E-state index in [0.717, 1.165) is 10.9 Å². The summed E-state index contributed by atoms with van der Waals surface area (Å²) in [4.78, 5) is 17.5. The Morgan fingerprint density at radius 3 is 2.93 bits per heavy atom. The number of hydrogen-bond acceptors (Lipinski definition) is 5. The highest BCUT2D eigenvalue weighted by Gasteiger charge is 2.19. The van der Waals surface area contributed by atoms with Crippen LogP contribution in [-0.4, -0.2) is 25.7 Å². The highest BCUT2D eigenvalue weighted by atomic mass is 35.5. The van der Waals surface area contributed by atoms with Crippen LogP contribution in [0.5, 0.6) is 0 Å². The average molecular weight is 444 g/mol. The van der Waals surface area contributed by atoms with Crippen molar-refractivity contribution in [2.45, 2.75) is 13.5 Å². The summed E-state index contributed by atoms with van der Waals surface area (Å²) in [5.41, 5.74) is 0.616. The van der Waals surface area contributed by atoms with E-state index in [4.69, 9.17) is 35.4 Å². The van der Waals surface area contributed by atoms with Gasteiger partial charge in [0.05, 0.1) is 26.2 Å². The Morgan fingerprint density at radius 1 is 1.48 bits per heavy atom. The van der Waals surface area contributed by atoms with Crippen molar-refractivity contribution in [3.8, 4) is 10.7 Å². The molecule has 140 valence electrons. The zero-order valence-electron chi connectivity index (χ0n) is 13.8. The highest BCUT2D eigenvalue weighted by molar-refractivity contribution is 7.71. The van der Waals surface area contributed by atoms with E-state index in [0.29, 0.717) is 28.0 Å². The second kappa shape index (κ2) is 7.89. The minimum absolute atomic E-state index is 0.0395. The van der Waals surface area contributed by atoms with E-state index >= 15 is 0 Å². The van der Waals surface area contributed by atoms with Gasteiger partial charge in [-0.25, -0.2) is 9.37 Å². The van der Waals surface area contributed by atoms with Gasteiger partial charge in [0, 0.05) is 6.54 Å². The number of nitrogens with one attached hydrogen (secondary N) is 2. The lowest BCUT2D eigenvalue weighted by atomic mass is 10.2. The van der Waals surface area contributed by atoms with Crippen LogP contribution in [0.25, 0.3) is 10.7 Å². The van der Waals surface area contributed by atoms with E-state index < -0.39 is 11.7 Å². The number of carbonyl (C=O) groups excluding carboxylic acids is 1. The highest BCUT2D eigenvalue weighted by Crippen LogP contribution is 2.32. The first-order valence-electron chi connectivity index (χ1n) is 7.51. The van der Waals surface area contributed by atoms with Crippen LogP contribution in [0.2, 0.25) is 10.0 Å². The van der Waals surface area contributed by atoms with E-state index in [1.807, 2.05) is 0 Å². The number of rotatable bonds is 5. The summed E-state index contributed by atoms with van der Waals surface area (Å²) in [6, 6.07) is 2.16. The number of aromatic nitrogens is 4. The number of H-pyrrole nitrogens is 1. The summed E-state index contributed by atoms with van der Waals surface area (Å²) in [6.07, 6.45) is 1.70. The van der Waals surface area contributed by atoms with E-state index in [2.05, 4.69) is 27.1 Å². The van der Waals surface area contributed by atoms with Crippen LogP contribution >= 0.6 is 46.8 Å². The Balaban J connectivity index is 1.92. The summed E-state index contributed by atoms with van der Waals surface area (Å²) < 4.78 is 15.9. The first kappa shape index (κ1) is 19.7. The number of halogens is 3. The second-order valence-electron chi connectivity index (χ2n) is 5.39. The Morgan fingerprint density at radius 2 is 2.22 bits per heavy atom. The largest absolute Gasteiger partial charge is 0.298 e. The van der Waals surface area contributed by atoms with Gasteiger partial charge in [0.2, 0.25) is 0 Å². The molecule has 3 rings (SSSR count). The Bertz CT molecular complexity index is 1100. The Labute approximate surface area is 172 Å². The molecule has 11 heteroatoms. The van der Waals surface area contributed by atoms with Crippen molar-refractivity contribution in [2.24, 2.45) is 0 Å². The average Bonchev–Trinajstić information content (AvgIpc) is 3.14. The number of allylic oxidation sites excluding steroid dienone is 1. The number of carbonyl (C=O) groups is 1. The minimum Gasteiger partial charge on any atom is -0.298 e. The predicted molar refractivity (Wildman–Crippen MR) is 108 cm³/mol. The van der Waals surface area contributed by atoms with Crippen LogP contribution in [-0.2, 0) is 6.54 Å². The maximum absolute atomic E-state index is 13.7. The van der Waals surface area contributed by atoms with E-state index in [1.54, 1.807) is 17.6 Å². The number of thiazole rings is 1. The molecule has 1 amide bonds. The van der Waals surface area contributed by atoms with Crippen LogP contribution in [0.15, 0.2) is 24.8 Å². The predicted octanol–water partition coefficient (Wildman–Crippen LogP) is 5.26. The molecule has 6 nitrogen and oxygen atoms in total. The van der Waals surface area contributed by atoms with Crippen molar-refractivity contribution >= 4 is 57.8 Å². The van der Waals surface area contributed by atoms with Gasteiger partial charge in [-0.1, -0.05) is 40.6 Å². The molecule has 0 atom stereocenters. The van der Waals surface area contributed by atoms with Crippen LogP contribution in [0.1, 0.15) is 16.1 Å². The van der Waals surface area contributed by atoms with Gasteiger partial charge in [-0.05, 0) is 31.3 Å². The number of nitrogens with zero attached hydrogens (tertiary/aromatic N) is 3. The third kappa shape index (κ3) is 3.96. The molecule has 0 saturated heterocycles. The van der Waals surface area contributed by atoms with E-state index in [-0.39, 0.29) is 15.6 Å². The molecule has 0 bridgehead atoms. The lowest BCUT2D eigenvalue weighted by Crippen LogP contribution is -2.12. The molecule has 3 aromatic rings. The number of anilines is 1. The van der Waals surface area contributed by atoms with Crippen LogP contribution in [0.3, 0.4) is 0 Å². The molecule has 2 heterocycles. The molecule has 0 saturated carbocycles. The Hall–Kier alpha value is -2.07. The van der Waals surface area contributed by atoms with Crippen LogP contribution in [0.4, 0.5) is 9.52 Å². The zero-order valence-corrected chi connectivity index (χ0v) is 17.0. The third-order valence-electron chi connectivity index (χ3n) is 3.54. The molecule has 1 aromatic carbocycles. The van der Waals surface area contributed by atoms with Gasteiger partial charge in [0.25, 0.3) is 5.91 Å². The zero-order chi connectivity index (χ0) is 19.7. The van der Waals surface area contributed by atoms with Crippen molar-refractivity contribution in [3.63, 3.8) is 0 Å². The maximum Gasteiger partial charge on any atom is 0.259 e. The molecule has 0 spiro atoms. The standard InChI is InChI=1S/C16H12Cl2FN5OS2/c1-3-4-24-13(22-23-16(24)26)12-7(2)20-15(27-12)21-14(25)8-5-11(19)10(18)6-9(8)17/h3,5-6H,1,4H2,2H3,(H,23,26)(H,20,21,25). The van der Waals surface area contributed by atoms with Crippen molar-refractivity contribution in [1.29, 1.82) is 0 Å². The third-order valence-corrected chi connectivity index (χ3v) is 5.53. The molecule has 27 heavy (non-hydrogen) atoms. The number of amides is 1. The van der Waals surface area contributed by atoms with Crippen molar-refractivity contribution in [3.05, 3.63) is 56.7 Å². The molecule has 0 unspecified atom stereocenters. The first-order chi connectivity index (χ1) is 12.8. The van der Waals surface area contributed by atoms with E-state index in [1.165, 1.54) is 17.4 Å². The lowest BCUT2D eigenvalue weighted by Gasteiger charge is -2.05. The van der Waals surface area contributed by atoms with Crippen LogP contribution < -0.4 is 5.32 Å². The molecule has 0 aliphatic rings. The summed E-state index contributed by atoms with van der Waals surface area (Å²) in [5.74, 6) is -0.742. The van der Waals surface area contributed by atoms with Crippen molar-refractivity contribution in [1.82, 2.24) is 19.7 Å². The fourth-order valence-corrected chi connectivity index (χ4v) is 3.94. The van der Waals surface area contributed by atoms with Gasteiger partial charge in [0.1, 0.15) is 5.82 Å². The maximum atomic E-state index is 13.7. The molecular weight excluding hydrogens is 432 g/mol. The fourth-order valence-electron chi connectivity index (χ4n) is 2.31. The van der Waals surface area contributed by atoms with Gasteiger partial charge in [-0.2, -0.15) is 5.10 Å². The SMILES string of the molecule is C=CCn1c(-c2sc(NC(=O)c3cc(F)c(Cl)cc3Cl)nc2C)n[nH]c1=S. The van der Waals surface area contributed by atoms with E-state index in [9.17, 15) is 9.18 Å². The van der Waals surface area contributed by atoms with Gasteiger partial charge in [-0.15, -0.1) is 6.58 Å². The van der Waals surface area contributed by atoms with Gasteiger partial charge in [-0.3, -0.25) is 19.8 Å². The molecule has 0 radical (unpaired) electrons. The number of aromatic amines is 1. The summed E-state index contributed by atoms with van der Waals surface area (Å²) >= 11 is 18.1. The molecule has 2 N–H and O–H groups in total. The summed E-state index contributed by atoms with van der Waals surface area (Å²) in [5, 5.41) is 9.77. The molecule has 0 aliphatic heterocycles. The normalized spacial score (nSPS) is 10.8. The topological polar surface area (TPSA) is 75.6 Å². The lowest BCUT2D eigenvalue weighted by molar-refractivity contribution is 0.102. The molecule has 0 fully saturated rings. The molecule has 2 aromatic heterocycles. The minimum atomic E-state index is -0.734. The van der Waals surface area contributed by atoms with Gasteiger partial charge in [0.15, 0.2) is 15.7 Å². The monoisotopic (exact) mass is 443 g/mol. The van der Waals surface area contributed by atoms with Gasteiger partial charge >= 0.3 is 0 Å². The number of aryl methyl sites for hydroxylation is 1. The fraction of sp³-hybridized carbons (Fsp3) is 0.125. The number of hydrogen-bond donors (Lipinski definition) is 2. The molecule has 0 aliphatic carbocycles. The quantitative estimate of drug-likeness (QED) is 0.320. The van der Waals surface area contributed by atoms with Crippen molar-refractivity contribution < 1.29 is 9.18 Å². The Kier molecular flexibility index (Phi) is 5.75. The molecular formula is C16H12Cl2FN5OS2. The van der Waals surface area contributed by atoms with Gasteiger partial charge < -0.3 is 0 Å². The number of benzene rings is 1. The first-order valence-corrected chi connectivity index (χ1v) is 9.49. The van der Waals surface area contributed by atoms with Crippen molar-refractivity contribution in [2.75, 3.05) is 5.32 Å². The smallest absolute Gasteiger partial charge is 0.259 e. The summed E-state index contributed by atoms with van der Waals surface area (Å²) in [6.45, 7) is 5.96. The summed E-state index contributed by atoms with van der Waals surface area (Å²) in [7, 11) is 0. The second-order valence-corrected chi connectivity index (χ2v) is 7.59. The van der Waals surface area contributed by atoms with Crippen LogP contribution in [0, 0.1) is 17.5 Å².